The van der Waals surface area contributed by atoms with Crippen molar-refractivity contribution >= 4 is 5.91 Å². The van der Waals surface area contributed by atoms with E-state index in [9.17, 15) is 13.6 Å². The first-order chi connectivity index (χ1) is 11.9. The minimum Gasteiger partial charge on any atom is -0.372 e. The standard InChI is InChI=1S/C20H21F2NO2/c1-19(25-2,16-5-3-4-6-17(16)22)13-23-18(24)20(11-12-20)14-7-9-15(21)10-8-14/h3-10H,11-13H2,1-2H3,(H,23,24). The van der Waals surface area contributed by atoms with Gasteiger partial charge < -0.3 is 10.1 Å². The maximum Gasteiger partial charge on any atom is 0.230 e. The Bertz CT molecular complexity index is 772. The average molecular weight is 345 g/mol. The normalized spacial score (nSPS) is 17.6. The minimum absolute atomic E-state index is 0.140. The van der Waals surface area contributed by atoms with Gasteiger partial charge in [0, 0.05) is 12.7 Å². The van der Waals surface area contributed by atoms with Gasteiger partial charge in [-0.15, -0.1) is 0 Å². The summed E-state index contributed by atoms with van der Waals surface area (Å²) in [4.78, 5) is 12.7. The first-order valence-electron chi connectivity index (χ1n) is 8.26. The van der Waals surface area contributed by atoms with Crippen molar-refractivity contribution in [1.29, 1.82) is 0 Å². The van der Waals surface area contributed by atoms with Crippen molar-refractivity contribution in [2.45, 2.75) is 30.8 Å². The summed E-state index contributed by atoms with van der Waals surface area (Å²) in [6.07, 6.45) is 1.43. The van der Waals surface area contributed by atoms with Crippen LogP contribution >= 0.6 is 0 Å². The Hall–Kier alpha value is -2.27. The number of hydrogen-bond acceptors (Lipinski definition) is 2. The van der Waals surface area contributed by atoms with Crippen LogP contribution in [0.3, 0.4) is 0 Å². The Kier molecular flexibility index (Phi) is 4.60. The summed E-state index contributed by atoms with van der Waals surface area (Å²) in [7, 11) is 1.49. The maximum atomic E-state index is 14.1. The molecule has 1 amide bonds. The number of halogens is 2. The van der Waals surface area contributed by atoms with Crippen molar-refractivity contribution in [2.24, 2.45) is 0 Å². The predicted molar refractivity (Wildman–Crippen MR) is 91.1 cm³/mol. The van der Waals surface area contributed by atoms with Crippen molar-refractivity contribution < 1.29 is 18.3 Å². The lowest BCUT2D eigenvalue weighted by atomic mass is 9.92. The number of hydrogen-bond donors (Lipinski definition) is 1. The van der Waals surface area contributed by atoms with Gasteiger partial charge in [0.2, 0.25) is 5.91 Å². The Balaban J connectivity index is 1.75. The number of carbonyl (C=O) groups is 1. The van der Waals surface area contributed by atoms with Crippen LogP contribution in [-0.4, -0.2) is 19.6 Å². The molecule has 0 bridgehead atoms. The SMILES string of the molecule is COC(C)(CNC(=O)C1(c2ccc(F)cc2)CC1)c1ccccc1F. The zero-order chi connectivity index (χ0) is 18.1. The number of amides is 1. The van der Waals surface area contributed by atoms with Crippen LogP contribution in [0, 0.1) is 11.6 Å². The number of rotatable bonds is 6. The summed E-state index contributed by atoms with van der Waals surface area (Å²) in [6, 6.07) is 12.4. The molecule has 3 nitrogen and oxygen atoms in total. The molecule has 0 aliphatic heterocycles. The molecule has 1 aliphatic carbocycles. The second kappa shape index (κ2) is 6.56. The van der Waals surface area contributed by atoms with Crippen LogP contribution in [0.2, 0.25) is 0 Å². The average Bonchev–Trinajstić information content (AvgIpc) is 3.42. The summed E-state index contributed by atoms with van der Waals surface area (Å²) in [6.45, 7) is 1.88. The lowest BCUT2D eigenvalue weighted by molar-refractivity contribution is -0.125. The fourth-order valence-corrected chi connectivity index (χ4v) is 3.13. The van der Waals surface area contributed by atoms with Crippen LogP contribution in [-0.2, 0) is 20.5 Å². The fraction of sp³-hybridized carbons (Fsp3) is 0.350. The molecule has 0 heterocycles. The van der Waals surface area contributed by atoms with E-state index in [-0.39, 0.29) is 24.1 Å². The highest BCUT2D eigenvalue weighted by Gasteiger charge is 2.51. The Morgan fingerprint density at radius 2 is 1.80 bits per heavy atom. The van der Waals surface area contributed by atoms with Crippen molar-refractivity contribution in [3.05, 3.63) is 71.3 Å². The van der Waals surface area contributed by atoms with Crippen LogP contribution in [0.25, 0.3) is 0 Å². The fourth-order valence-electron chi connectivity index (χ4n) is 3.13. The first kappa shape index (κ1) is 17.5. The Morgan fingerprint density at radius 1 is 1.16 bits per heavy atom. The van der Waals surface area contributed by atoms with Gasteiger partial charge in [-0.2, -0.15) is 0 Å². The third kappa shape index (κ3) is 3.29. The first-order valence-corrected chi connectivity index (χ1v) is 8.26. The quantitative estimate of drug-likeness (QED) is 0.867. The van der Waals surface area contributed by atoms with Crippen molar-refractivity contribution in [3.8, 4) is 0 Å². The molecule has 1 unspecified atom stereocenters. The van der Waals surface area contributed by atoms with E-state index in [0.717, 1.165) is 5.56 Å². The summed E-state index contributed by atoms with van der Waals surface area (Å²) in [5.41, 5.74) is -0.391. The second-order valence-electron chi connectivity index (χ2n) is 6.69. The molecule has 2 aromatic carbocycles. The molecule has 1 atom stereocenters. The van der Waals surface area contributed by atoms with Gasteiger partial charge in [-0.05, 0) is 43.5 Å². The molecule has 1 saturated carbocycles. The molecule has 0 aromatic heterocycles. The molecule has 0 saturated heterocycles. The molecular weight excluding hydrogens is 324 g/mol. The summed E-state index contributed by atoms with van der Waals surface area (Å²) in [5.74, 6) is -0.842. The van der Waals surface area contributed by atoms with Gasteiger partial charge in [0.05, 0.1) is 12.0 Å². The molecule has 1 aliphatic rings. The van der Waals surface area contributed by atoms with Crippen LogP contribution in [0.1, 0.15) is 30.9 Å². The number of ether oxygens (including phenoxy) is 1. The number of carbonyl (C=O) groups excluding carboxylic acids is 1. The van der Waals surface area contributed by atoms with Gasteiger partial charge in [0.25, 0.3) is 0 Å². The van der Waals surface area contributed by atoms with Gasteiger partial charge in [-0.3, -0.25) is 4.79 Å². The van der Waals surface area contributed by atoms with E-state index < -0.39 is 11.0 Å². The molecular formula is C20H21F2NO2. The van der Waals surface area contributed by atoms with Crippen molar-refractivity contribution in [1.82, 2.24) is 5.32 Å². The molecule has 0 radical (unpaired) electrons. The lowest BCUT2D eigenvalue weighted by Crippen LogP contribution is -2.44. The summed E-state index contributed by atoms with van der Waals surface area (Å²) < 4.78 is 32.7. The van der Waals surface area contributed by atoms with E-state index in [1.165, 1.54) is 25.3 Å². The Labute approximate surface area is 146 Å². The molecule has 25 heavy (non-hydrogen) atoms. The molecule has 1 fully saturated rings. The highest BCUT2D eigenvalue weighted by Crippen LogP contribution is 2.48. The van der Waals surface area contributed by atoms with E-state index in [2.05, 4.69) is 5.32 Å². The molecule has 2 aromatic rings. The number of benzene rings is 2. The van der Waals surface area contributed by atoms with E-state index in [1.807, 2.05) is 0 Å². The van der Waals surface area contributed by atoms with Crippen LogP contribution in [0.15, 0.2) is 48.5 Å². The largest absolute Gasteiger partial charge is 0.372 e. The number of methoxy groups -OCH3 is 1. The van der Waals surface area contributed by atoms with Crippen LogP contribution in [0.5, 0.6) is 0 Å². The second-order valence-corrected chi connectivity index (χ2v) is 6.69. The third-order valence-corrected chi connectivity index (χ3v) is 5.06. The van der Waals surface area contributed by atoms with E-state index >= 15 is 0 Å². The summed E-state index contributed by atoms with van der Waals surface area (Å²) >= 11 is 0. The molecule has 1 N–H and O–H groups in total. The van der Waals surface area contributed by atoms with Gasteiger partial charge in [-0.1, -0.05) is 30.3 Å². The van der Waals surface area contributed by atoms with Gasteiger partial charge >= 0.3 is 0 Å². The van der Waals surface area contributed by atoms with Crippen LogP contribution in [0.4, 0.5) is 8.78 Å². The lowest BCUT2D eigenvalue weighted by Gasteiger charge is -2.30. The molecule has 5 heteroatoms. The zero-order valence-corrected chi connectivity index (χ0v) is 14.3. The minimum atomic E-state index is -0.972. The summed E-state index contributed by atoms with van der Waals surface area (Å²) in [5, 5.41) is 2.89. The highest BCUT2D eigenvalue weighted by molar-refractivity contribution is 5.91. The third-order valence-electron chi connectivity index (χ3n) is 5.06. The maximum absolute atomic E-state index is 14.1. The molecule has 132 valence electrons. The van der Waals surface area contributed by atoms with Crippen LogP contribution < -0.4 is 5.32 Å². The smallest absolute Gasteiger partial charge is 0.230 e. The number of nitrogens with one attached hydrogen (secondary N) is 1. The topological polar surface area (TPSA) is 38.3 Å². The van der Waals surface area contributed by atoms with Gasteiger partial charge in [-0.25, -0.2) is 8.78 Å². The van der Waals surface area contributed by atoms with E-state index in [1.54, 1.807) is 37.3 Å². The highest BCUT2D eigenvalue weighted by atomic mass is 19.1. The molecule has 3 rings (SSSR count). The van der Waals surface area contributed by atoms with Gasteiger partial charge in [0.1, 0.15) is 17.2 Å². The molecule has 0 spiro atoms. The monoisotopic (exact) mass is 345 g/mol. The van der Waals surface area contributed by atoms with Gasteiger partial charge in [0.15, 0.2) is 0 Å². The van der Waals surface area contributed by atoms with Crippen molar-refractivity contribution in [3.63, 3.8) is 0 Å². The van der Waals surface area contributed by atoms with Crippen molar-refractivity contribution in [2.75, 3.05) is 13.7 Å². The predicted octanol–water partition coefficient (Wildman–Crippen LogP) is 3.67. The zero-order valence-electron chi connectivity index (χ0n) is 14.3. The van der Waals surface area contributed by atoms with E-state index in [0.29, 0.717) is 18.4 Å². The Morgan fingerprint density at radius 3 is 2.36 bits per heavy atom. The van der Waals surface area contributed by atoms with E-state index in [4.69, 9.17) is 4.74 Å².